The highest BCUT2D eigenvalue weighted by Crippen LogP contribution is 2.39. The normalized spacial score (nSPS) is 16.5. The molecule has 1 amide bonds. The molecule has 0 unspecified atom stereocenters. The lowest BCUT2D eigenvalue weighted by Crippen LogP contribution is -2.26. The largest absolute Gasteiger partial charge is 0.477 e. The SMILES string of the molecule is O=C(NC1CC1)c1nn2c(c1-c1ccc(Cl)c(F)c1F)OCCC2. The van der Waals surface area contributed by atoms with Gasteiger partial charge in [-0.25, -0.2) is 13.5 Å². The molecule has 8 heteroatoms. The van der Waals surface area contributed by atoms with E-state index in [1.165, 1.54) is 16.8 Å². The van der Waals surface area contributed by atoms with Crippen LogP contribution in [0.15, 0.2) is 12.1 Å². The lowest BCUT2D eigenvalue weighted by Gasteiger charge is -2.16. The fourth-order valence-corrected chi connectivity index (χ4v) is 2.88. The van der Waals surface area contributed by atoms with E-state index in [9.17, 15) is 13.6 Å². The first-order valence-electron chi connectivity index (χ1n) is 7.74. The standard InChI is InChI=1S/C16H14ClF2N3O2/c17-10-5-4-9(12(18)13(10)19)11-14(15(23)20-8-2-3-8)21-22-6-1-7-24-16(11)22/h4-5,8H,1-3,6-7H2,(H,20,23). The van der Waals surface area contributed by atoms with Gasteiger partial charge in [0, 0.05) is 24.6 Å². The van der Waals surface area contributed by atoms with Gasteiger partial charge in [0.05, 0.1) is 17.2 Å². The second-order valence-electron chi connectivity index (χ2n) is 5.92. The molecule has 0 atom stereocenters. The molecule has 1 fully saturated rings. The average Bonchev–Trinajstić information content (AvgIpc) is 3.30. The lowest BCUT2D eigenvalue weighted by molar-refractivity contribution is 0.0945. The number of nitrogens with zero attached hydrogens (tertiary/aromatic N) is 2. The lowest BCUT2D eigenvalue weighted by atomic mass is 10.0. The molecule has 2 heterocycles. The predicted molar refractivity (Wildman–Crippen MR) is 83.2 cm³/mol. The first-order valence-corrected chi connectivity index (χ1v) is 8.12. The molecular formula is C16H14ClF2N3O2. The number of nitrogens with one attached hydrogen (secondary N) is 1. The average molecular weight is 354 g/mol. The van der Waals surface area contributed by atoms with Crippen molar-refractivity contribution in [2.75, 3.05) is 6.61 Å². The molecule has 0 bridgehead atoms. The summed E-state index contributed by atoms with van der Waals surface area (Å²) in [5, 5.41) is 6.76. The van der Waals surface area contributed by atoms with Gasteiger partial charge in [0.25, 0.3) is 5.91 Å². The van der Waals surface area contributed by atoms with Crippen LogP contribution in [0.5, 0.6) is 5.88 Å². The van der Waals surface area contributed by atoms with Crippen LogP contribution in [0.1, 0.15) is 29.8 Å². The van der Waals surface area contributed by atoms with Crippen LogP contribution in [-0.2, 0) is 6.54 Å². The molecule has 2 aliphatic rings. The molecule has 1 saturated carbocycles. The number of aromatic nitrogens is 2. The molecule has 0 saturated heterocycles. The molecule has 24 heavy (non-hydrogen) atoms. The molecule has 1 aliphatic carbocycles. The van der Waals surface area contributed by atoms with Gasteiger partial charge in [-0.2, -0.15) is 5.10 Å². The molecular weight excluding hydrogens is 340 g/mol. The number of rotatable bonds is 3. The maximum atomic E-state index is 14.4. The van der Waals surface area contributed by atoms with E-state index in [1.807, 2.05) is 0 Å². The number of fused-ring (bicyclic) bond motifs is 1. The van der Waals surface area contributed by atoms with Crippen LogP contribution in [-0.4, -0.2) is 28.3 Å². The van der Waals surface area contributed by atoms with Crippen molar-refractivity contribution in [3.63, 3.8) is 0 Å². The summed E-state index contributed by atoms with van der Waals surface area (Å²) in [6, 6.07) is 2.71. The highest BCUT2D eigenvalue weighted by atomic mass is 35.5. The van der Waals surface area contributed by atoms with Gasteiger partial charge in [-0.15, -0.1) is 0 Å². The highest BCUT2D eigenvalue weighted by Gasteiger charge is 2.32. The summed E-state index contributed by atoms with van der Waals surface area (Å²) >= 11 is 5.62. The van der Waals surface area contributed by atoms with Crippen molar-refractivity contribution in [1.29, 1.82) is 0 Å². The Labute approximate surface area is 141 Å². The third-order valence-electron chi connectivity index (χ3n) is 4.09. The predicted octanol–water partition coefficient (Wildman–Crippen LogP) is 3.16. The van der Waals surface area contributed by atoms with Gasteiger partial charge >= 0.3 is 0 Å². The number of halogens is 3. The van der Waals surface area contributed by atoms with E-state index in [4.69, 9.17) is 16.3 Å². The first-order chi connectivity index (χ1) is 11.6. The fourth-order valence-electron chi connectivity index (χ4n) is 2.73. The van der Waals surface area contributed by atoms with Crippen molar-refractivity contribution in [3.8, 4) is 17.0 Å². The van der Waals surface area contributed by atoms with Gasteiger partial charge in [-0.1, -0.05) is 11.6 Å². The zero-order chi connectivity index (χ0) is 16.8. The minimum absolute atomic E-state index is 0.0411. The zero-order valence-electron chi connectivity index (χ0n) is 12.6. The van der Waals surface area contributed by atoms with Gasteiger partial charge in [0.2, 0.25) is 5.88 Å². The minimum Gasteiger partial charge on any atom is -0.477 e. The fraction of sp³-hybridized carbons (Fsp3) is 0.375. The van der Waals surface area contributed by atoms with Crippen LogP contribution in [0.25, 0.3) is 11.1 Å². The number of aryl methyl sites for hydroxylation is 1. The van der Waals surface area contributed by atoms with Crippen molar-refractivity contribution in [3.05, 3.63) is 34.5 Å². The molecule has 126 valence electrons. The Bertz CT molecular complexity index is 833. The van der Waals surface area contributed by atoms with Crippen LogP contribution in [0.4, 0.5) is 8.78 Å². The van der Waals surface area contributed by atoms with Gasteiger partial charge < -0.3 is 10.1 Å². The van der Waals surface area contributed by atoms with Crippen molar-refractivity contribution < 1.29 is 18.3 Å². The maximum Gasteiger partial charge on any atom is 0.272 e. The number of hydrogen-bond donors (Lipinski definition) is 1. The Morgan fingerprint density at radius 1 is 1.33 bits per heavy atom. The third-order valence-corrected chi connectivity index (χ3v) is 4.38. The van der Waals surface area contributed by atoms with Gasteiger partial charge in [0.1, 0.15) is 0 Å². The molecule has 2 aromatic rings. The third kappa shape index (κ3) is 2.53. The minimum atomic E-state index is -1.15. The molecule has 1 N–H and O–H groups in total. The molecule has 1 aliphatic heterocycles. The van der Waals surface area contributed by atoms with Gasteiger partial charge in [0.15, 0.2) is 17.3 Å². The summed E-state index contributed by atoms with van der Waals surface area (Å²) in [4.78, 5) is 12.5. The van der Waals surface area contributed by atoms with Crippen molar-refractivity contribution >= 4 is 17.5 Å². The van der Waals surface area contributed by atoms with E-state index in [-0.39, 0.29) is 33.8 Å². The van der Waals surface area contributed by atoms with E-state index >= 15 is 0 Å². The summed E-state index contributed by atoms with van der Waals surface area (Å²) in [5.41, 5.74) is 0.126. The Hall–Kier alpha value is -2.15. The first kappa shape index (κ1) is 15.4. The maximum absolute atomic E-state index is 14.4. The number of benzene rings is 1. The molecule has 0 radical (unpaired) electrons. The van der Waals surface area contributed by atoms with Gasteiger partial charge in [-0.3, -0.25) is 4.79 Å². The monoisotopic (exact) mass is 353 g/mol. The molecule has 1 aromatic carbocycles. The van der Waals surface area contributed by atoms with Crippen molar-refractivity contribution in [2.24, 2.45) is 0 Å². The van der Waals surface area contributed by atoms with Crippen LogP contribution in [0.2, 0.25) is 5.02 Å². The van der Waals surface area contributed by atoms with Crippen LogP contribution in [0.3, 0.4) is 0 Å². The summed E-state index contributed by atoms with van der Waals surface area (Å²) in [6.45, 7) is 0.983. The van der Waals surface area contributed by atoms with Crippen molar-refractivity contribution in [1.82, 2.24) is 15.1 Å². The van der Waals surface area contributed by atoms with Crippen LogP contribution >= 0.6 is 11.6 Å². The van der Waals surface area contributed by atoms with E-state index in [0.717, 1.165) is 19.3 Å². The van der Waals surface area contributed by atoms with E-state index in [2.05, 4.69) is 10.4 Å². The Morgan fingerprint density at radius 2 is 2.12 bits per heavy atom. The highest BCUT2D eigenvalue weighted by molar-refractivity contribution is 6.30. The number of ether oxygens (including phenoxy) is 1. The Morgan fingerprint density at radius 3 is 2.88 bits per heavy atom. The Kier molecular flexibility index (Phi) is 3.68. The van der Waals surface area contributed by atoms with E-state index < -0.39 is 17.5 Å². The second-order valence-corrected chi connectivity index (χ2v) is 6.33. The molecule has 0 spiro atoms. The summed E-state index contributed by atoms with van der Waals surface area (Å²) in [7, 11) is 0. The van der Waals surface area contributed by atoms with E-state index in [1.54, 1.807) is 0 Å². The van der Waals surface area contributed by atoms with E-state index in [0.29, 0.717) is 13.2 Å². The quantitative estimate of drug-likeness (QED) is 0.862. The number of carbonyl (C=O) groups excluding carboxylic acids is 1. The molecule has 1 aromatic heterocycles. The Balaban J connectivity index is 1.87. The number of amides is 1. The van der Waals surface area contributed by atoms with Gasteiger partial charge in [-0.05, 0) is 25.0 Å². The van der Waals surface area contributed by atoms with Crippen LogP contribution < -0.4 is 10.1 Å². The summed E-state index contributed by atoms with van der Waals surface area (Å²) in [6.07, 6.45) is 2.55. The summed E-state index contributed by atoms with van der Waals surface area (Å²) in [5.74, 6) is -2.40. The molecule has 4 rings (SSSR count). The zero-order valence-corrected chi connectivity index (χ0v) is 13.4. The number of carbonyl (C=O) groups is 1. The smallest absolute Gasteiger partial charge is 0.272 e. The number of hydrogen-bond acceptors (Lipinski definition) is 3. The topological polar surface area (TPSA) is 56.2 Å². The van der Waals surface area contributed by atoms with Crippen molar-refractivity contribution in [2.45, 2.75) is 31.8 Å². The second kappa shape index (κ2) is 5.73. The summed E-state index contributed by atoms with van der Waals surface area (Å²) < 4.78 is 35.4. The molecule has 5 nitrogen and oxygen atoms in total. The van der Waals surface area contributed by atoms with Crippen LogP contribution in [0, 0.1) is 11.6 Å².